The van der Waals surface area contributed by atoms with E-state index in [1.54, 1.807) is 18.2 Å². The molecule has 0 bridgehead atoms. The van der Waals surface area contributed by atoms with Crippen LogP contribution in [0.5, 0.6) is 5.75 Å². The van der Waals surface area contributed by atoms with E-state index in [0.29, 0.717) is 16.7 Å². The lowest BCUT2D eigenvalue weighted by Gasteiger charge is -2.22. The highest BCUT2D eigenvalue weighted by Gasteiger charge is 2.22. The highest BCUT2D eigenvalue weighted by molar-refractivity contribution is 5.92. The molecule has 0 spiro atoms. The minimum atomic E-state index is -0.561. The summed E-state index contributed by atoms with van der Waals surface area (Å²) < 4.78 is 20.3. The minimum Gasteiger partial charge on any atom is -0.483 e. The number of halogens is 1. The highest BCUT2D eigenvalue weighted by atomic mass is 19.1. The standard InChI is InChI=1S/C29H26FN5O5/c30-21-9-6-10-22(16-21)32-27(36)18-40-26-14-13-23(35(38)39)15-20(26)17-31-34-28(19-7-2-1-3-8-19)33-25-12-5-4-11-24(25)29(34)37/h4-6,9-17,19H,1-3,7-8,18H2,(H,32,36). The van der Waals surface area contributed by atoms with E-state index in [-0.39, 0.29) is 34.2 Å². The van der Waals surface area contributed by atoms with Crippen LogP contribution >= 0.6 is 0 Å². The third-order valence-electron chi connectivity index (χ3n) is 6.73. The molecule has 0 radical (unpaired) electrons. The lowest BCUT2D eigenvalue weighted by molar-refractivity contribution is -0.384. The maximum atomic E-state index is 13.5. The number of carbonyl (C=O) groups excluding carboxylic acids is 1. The summed E-state index contributed by atoms with van der Waals surface area (Å²) >= 11 is 0. The van der Waals surface area contributed by atoms with Crippen LogP contribution in [0.4, 0.5) is 15.8 Å². The zero-order valence-electron chi connectivity index (χ0n) is 21.5. The first-order valence-electron chi connectivity index (χ1n) is 12.9. The summed E-state index contributed by atoms with van der Waals surface area (Å²) in [5.41, 5.74) is 0.488. The van der Waals surface area contributed by atoms with Crippen molar-refractivity contribution in [3.05, 3.63) is 104 Å². The summed E-state index contributed by atoms with van der Waals surface area (Å²) in [6.07, 6.45) is 6.24. The molecule has 11 heteroatoms. The first-order valence-corrected chi connectivity index (χ1v) is 12.9. The molecule has 1 saturated carbocycles. The van der Waals surface area contributed by atoms with Gasteiger partial charge in [0.2, 0.25) is 0 Å². The van der Waals surface area contributed by atoms with Crippen LogP contribution in [0.3, 0.4) is 0 Å². The van der Waals surface area contributed by atoms with Gasteiger partial charge >= 0.3 is 0 Å². The number of hydrogen-bond acceptors (Lipinski definition) is 7. The Balaban J connectivity index is 1.47. The first kappa shape index (κ1) is 26.7. The normalized spacial score (nSPS) is 13.9. The van der Waals surface area contributed by atoms with E-state index in [2.05, 4.69) is 10.4 Å². The molecule has 0 aliphatic heterocycles. The molecule has 5 rings (SSSR count). The van der Waals surface area contributed by atoms with Crippen molar-refractivity contribution in [1.29, 1.82) is 0 Å². The van der Waals surface area contributed by atoms with Gasteiger partial charge in [-0.15, -0.1) is 0 Å². The number of para-hydroxylation sites is 1. The van der Waals surface area contributed by atoms with Gasteiger partial charge in [-0.3, -0.25) is 19.7 Å². The third-order valence-corrected chi connectivity index (χ3v) is 6.73. The number of amides is 1. The summed E-state index contributed by atoms with van der Waals surface area (Å²) in [6.45, 7) is -0.444. The van der Waals surface area contributed by atoms with Gasteiger partial charge in [-0.2, -0.15) is 9.78 Å². The molecule has 0 unspecified atom stereocenters. The van der Waals surface area contributed by atoms with E-state index in [0.717, 1.165) is 32.1 Å². The fraction of sp³-hybridized carbons (Fsp3) is 0.241. The van der Waals surface area contributed by atoms with Crippen molar-refractivity contribution in [2.75, 3.05) is 11.9 Å². The molecule has 1 aromatic heterocycles. The molecule has 0 atom stereocenters. The fourth-order valence-corrected chi connectivity index (χ4v) is 4.79. The Bertz CT molecular complexity index is 1660. The second-order valence-electron chi connectivity index (χ2n) is 9.51. The largest absolute Gasteiger partial charge is 0.483 e. The second-order valence-corrected chi connectivity index (χ2v) is 9.51. The Labute approximate surface area is 228 Å². The van der Waals surface area contributed by atoms with E-state index in [9.17, 15) is 24.1 Å². The van der Waals surface area contributed by atoms with Crippen molar-refractivity contribution in [2.45, 2.75) is 38.0 Å². The molecule has 1 heterocycles. The molecule has 10 nitrogen and oxygen atoms in total. The number of aromatic nitrogens is 2. The molecule has 3 aromatic carbocycles. The lowest BCUT2D eigenvalue weighted by atomic mass is 9.88. The van der Waals surface area contributed by atoms with E-state index in [4.69, 9.17) is 9.72 Å². The van der Waals surface area contributed by atoms with Crippen molar-refractivity contribution in [3.63, 3.8) is 0 Å². The third kappa shape index (κ3) is 6.04. The van der Waals surface area contributed by atoms with Gasteiger partial charge in [0.15, 0.2) is 6.61 Å². The number of carbonyl (C=O) groups is 1. The lowest BCUT2D eigenvalue weighted by Crippen LogP contribution is -2.25. The van der Waals surface area contributed by atoms with Crippen LogP contribution in [-0.2, 0) is 4.79 Å². The van der Waals surface area contributed by atoms with Crippen molar-refractivity contribution >= 4 is 34.4 Å². The van der Waals surface area contributed by atoms with Crippen LogP contribution in [0.25, 0.3) is 10.9 Å². The SMILES string of the molecule is O=C(COc1ccc([N+](=O)[O-])cc1C=Nn1c(C2CCCCC2)nc2ccccc2c1=O)Nc1cccc(F)c1. The quantitative estimate of drug-likeness (QED) is 0.180. The van der Waals surface area contributed by atoms with Crippen LogP contribution in [0.1, 0.15) is 49.4 Å². The summed E-state index contributed by atoms with van der Waals surface area (Å²) in [5.74, 6) is -0.317. The van der Waals surface area contributed by atoms with Crippen molar-refractivity contribution in [2.24, 2.45) is 5.10 Å². The monoisotopic (exact) mass is 543 g/mol. The first-order chi connectivity index (χ1) is 19.4. The molecular weight excluding hydrogens is 517 g/mol. The number of nitrogens with one attached hydrogen (secondary N) is 1. The maximum absolute atomic E-state index is 13.5. The smallest absolute Gasteiger partial charge is 0.282 e. The van der Waals surface area contributed by atoms with Gasteiger partial charge in [0.05, 0.1) is 22.0 Å². The van der Waals surface area contributed by atoms with Crippen molar-refractivity contribution in [1.82, 2.24) is 9.66 Å². The van der Waals surface area contributed by atoms with Gasteiger partial charge in [-0.05, 0) is 49.2 Å². The average molecular weight is 544 g/mol. The van der Waals surface area contributed by atoms with Gasteiger partial charge < -0.3 is 10.1 Å². The van der Waals surface area contributed by atoms with E-state index in [1.807, 2.05) is 6.07 Å². The van der Waals surface area contributed by atoms with Crippen LogP contribution in [-0.4, -0.2) is 33.3 Å². The van der Waals surface area contributed by atoms with Crippen molar-refractivity contribution < 1.29 is 18.8 Å². The molecule has 1 fully saturated rings. The zero-order valence-corrected chi connectivity index (χ0v) is 21.5. The van der Waals surface area contributed by atoms with Crippen LogP contribution in [0, 0.1) is 15.9 Å². The average Bonchev–Trinajstić information content (AvgIpc) is 2.96. The van der Waals surface area contributed by atoms with Crippen LogP contribution in [0.15, 0.2) is 76.6 Å². The number of nitro groups is 1. The van der Waals surface area contributed by atoms with Gasteiger partial charge in [0.25, 0.3) is 17.2 Å². The zero-order chi connectivity index (χ0) is 28.1. The number of ether oxygens (including phenoxy) is 1. The van der Waals surface area contributed by atoms with E-state index < -0.39 is 23.3 Å². The van der Waals surface area contributed by atoms with Crippen molar-refractivity contribution in [3.8, 4) is 5.75 Å². The summed E-state index contributed by atoms with van der Waals surface area (Å²) in [6, 6.07) is 16.3. The number of benzene rings is 3. The van der Waals surface area contributed by atoms with Crippen LogP contribution < -0.4 is 15.6 Å². The Hall–Kier alpha value is -4.93. The molecule has 1 aliphatic rings. The molecule has 4 aromatic rings. The maximum Gasteiger partial charge on any atom is 0.282 e. The summed E-state index contributed by atoms with van der Waals surface area (Å²) in [4.78, 5) is 41.5. The summed E-state index contributed by atoms with van der Waals surface area (Å²) in [5, 5.41) is 18.8. The highest BCUT2D eigenvalue weighted by Crippen LogP contribution is 2.32. The summed E-state index contributed by atoms with van der Waals surface area (Å²) in [7, 11) is 0. The number of fused-ring (bicyclic) bond motifs is 1. The van der Waals surface area contributed by atoms with E-state index >= 15 is 0 Å². The number of hydrogen-bond donors (Lipinski definition) is 1. The number of anilines is 1. The van der Waals surface area contributed by atoms with E-state index in [1.165, 1.54) is 53.4 Å². The number of nitrogens with zero attached hydrogens (tertiary/aromatic N) is 4. The van der Waals surface area contributed by atoms with Gasteiger partial charge in [0.1, 0.15) is 17.4 Å². The predicted octanol–water partition coefficient (Wildman–Crippen LogP) is 5.39. The topological polar surface area (TPSA) is 129 Å². The Kier molecular flexibility index (Phi) is 7.90. The van der Waals surface area contributed by atoms with Gasteiger partial charge in [-0.1, -0.05) is 37.5 Å². The molecule has 0 saturated heterocycles. The fourth-order valence-electron chi connectivity index (χ4n) is 4.79. The Morgan fingerprint density at radius 3 is 2.70 bits per heavy atom. The number of nitro benzene ring substituents is 1. The predicted molar refractivity (Wildman–Crippen MR) is 148 cm³/mol. The molecule has 1 aliphatic carbocycles. The minimum absolute atomic E-state index is 0.0514. The number of rotatable bonds is 8. The van der Waals surface area contributed by atoms with Gasteiger partial charge in [0, 0.05) is 29.3 Å². The number of non-ortho nitro benzene ring substituents is 1. The van der Waals surface area contributed by atoms with Crippen LogP contribution in [0.2, 0.25) is 0 Å². The Morgan fingerprint density at radius 2 is 1.93 bits per heavy atom. The molecule has 204 valence electrons. The molecule has 1 N–H and O–H groups in total. The molecular formula is C29H26FN5O5. The molecule has 40 heavy (non-hydrogen) atoms. The second kappa shape index (κ2) is 11.9. The molecule has 1 amide bonds. The Morgan fingerprint density at radius 1 is 1.12 bits per heavy atom. The van der Waals surface area contributed by atoms with Gasteiger partial charge in [-0.25, -0.2) is 9.37 Å².